The van der Waals surface area contributed by atoms with Crippen molar-refractivity contribution in [3.63, 3.8) is 0 Å². The van der Waals surface area contributed by atoms with E-state index in [0.717, 1.165) is 11.3 Å². The van der Waals surface area contributed by atoms with E-state index < -0.39 is 0 Å². The number of hydrogen-bond donors (Lipinski definition) is 0. The van der Waals surface area contributed by atoms with Crippen molar-refractivity contribution in [1.29, 1.82) is 0 Å². The molecule has 1 aromatic carbocycles. The van der Waals surface area contributed by atoms with Crippen LogP contribution in [-0.4, -0.2) is 10.8 Å². The van der Waals surface area contributed by atoms with Gasteiger partial charge in [-0.2, -0.15) is 0 Å². The lowest BCUT2D eigenvalue weighted by Gasteiger charge is -2.04. The molecule has 1 aromatic heterocycles. The summed E-state index contributed by atoms with van der Waals surface area (Å²) in [7, 11) is 0. The number of rotatable bonds is 3. The first-order chi connectivity index (χ1) is 8.54. The number of halogens is 2. The van der Waals surface area contributed by atoms with Crippen molar-refractivity contribution in [2.45, 2.75) is 6.92 Å². The number of ketones is 1. The van der Waals surface area contributed by atoms with Gasteiger partial charge in [-0.05, 0) is 42.8 Å². The minimum atomic E-state index is -0.0174. The molecule has 4 heteroatoms. The Bertz CT molecular complexity index is 579. The highest BCUT2D eigenvalue weighted by atomic mass is 35.5. The Hall–Kier alpha value is -1.38. The lowest BCUT2D eigenvalue weighted by Crippen LogP contribution is -1.95. The summed E-state index contributed by atoms with van der Waals surface area (Å²) in [5, 5.41) is 1.12. The predicted octanol–water partition coefficient (Wildman–Crippen LogP) is 4.19. The van der Waals surface area contributed by atoms with Crippen LogP contribution in [0.1, 0.15) is 28.5 Å². The Kier molecular flexibility index (Phi) is 4.00. The molecule has 0 saturated carbocycles. The van der Waals surface area contributed by atoms with Crippen molar-refractivity contribution in [3.05, 3.63) is 69.8 Å². The van der Waals surface area contributed by atoms with Gasteiger partial charge < -0.3 is 0 Å². The molecule has 0 spiro atoms. The van der Waals surface area contributed by atoms with E-state index in [1.807, 2.05) is 6.42 Å². The molecule has 2 nitrogen and oxygen atoms in total. The molecule has 0 bridgehead atoms. The second-order valence-electron chi connectivity index (χ2n) is 3.88. The van der Waals surface area contributed by atoms with E-state index in [2.05, 4.69) is 4.98 Å². The Labute approximate surface area is 116 Å². The van der Waals surface area contributed by atoms with Gasteiger partial charge in [0.15, 0.2) is 5.78 Å². The number of Topliss-reactive ketones (excluding diaryl/α,β-unsaturated/α-hetero) is 1. The summed E-state index contributed by atoms with van der Waals surface area (Å²) in [5.74, 6) is -0.0174. The Morgan fingerprint density at radius 2 is 1.94 bits per heavy atom. The summed E-state index contributed by atoms with van der Waals surface area (Å²) in [6.07, 6.45) is 3.42. The molecule has 1 heterocycles. The van der Waals surface area contributed by atoms with Gasteiger partial charge in [0.1, 0.15) is 0 Å². The smallest absolute Gasteiger partial charge is 0.159 e. The second-order valence-corrected chi connectivity index (χ2v) is 4.75. The standard InChI is InChI=1S/C14H10Cl2NO/c1-9(18)11-4-10(5-13(16)7-11)6-14-3-2-12(15)8-17-14/h2-8H,1H3. The Balaban J connectivity index is 2.28. The molecule has 0 N–H and O–H groups in total. The van der Waals surface area contributed by atoms with Gasteiger partial charge in [0.05, 0.1) is 5.02 Å². The van der Waals surface area contributed by atoms with Crippen LogP contribution in [0.3, 0.4) is 0 Å². The Morgan fingerprint density at radius 3 is 2.56 bits per heavy atom. The van der Waals surface area contributed by atoms with Gasteiger partial charge in [0.2, 0.25) is 0 Å². The number of carbonyl (C=O) groups is 1. The minimum Gasteiger partial charge on any atom is -0.295 e. The average Bonchev–Trinajstić information content (AvgIpc) is 2.31. The van der Waals surface area contributed by atoms with Crippen LogP contribution in [0.4, 0.5) is 0 Å². The lowest BCUT2D eigenvalue weighted by atomic mass is 10.0. The van der Waals surface area contributed by atoms with Crippen LogP contribution in [0.2, 0.25) is 10.0 Å². The largest absolute Gasteiger partial charge is 0.295 e. The third-order valence-corrected chi connectivity index (χ3v) is 2.83. The molecule has 2 rings (SSSR count). The van der Waals surface area contributed by atoms with E-state index in [0.29, 0.717) is 15.6 Å². The highest BCUT2D eigenvalue weighted by molar-refractivity contribution is 6.31. The van der Waals surface area contributed by atoms with Gasteiger partial charge in [-0.3, -0.25) is 9.78 Å². The number of aromatic nitrogens is 1. The molecule has 18 heavy (non-hydrogen) atoms. The summed E-state index contributed by atoms with van der Waals surface area (Å²) in [4.78, 5) is 15.5. The molecule has 0 aliphatic heterocycles. The lowest BCUT2D eigenvalue weighted by molar-refractivity contribution is 0.101. The molecule has 2 aromatic rings. The molecule has 1 radical (unpaired) electrons. The van der Waals surface area contributed by atoms with Crippen molar-refractivity contribution < 1.29 is 4.79 Å². The van der Waals surface area contributed by atoms with Crippen LogP contribution < -0.4 is 0 Å². The molecule has 0 unspecified atom stereocenters. The molecule has 0 aliphatic rings. The molecular formula is C14H10Cl2NO. The summed E-state index contributed by atoms with van der Waals surface area (Å²) >= 11 is 11.7. The third-order valence-electron chi connectivity index (χ3n) is 2.39. The summed E-state index contributed by atoms with van der Waals surface area (Å²) in [6, 6.07) is 8.78. The number of carbonyl (C=O) groups excluding carboxylic acids is 1. The minimum absolute atomic E-state index is 0.0174. The maximum Gasteiger partial charge on any atom is 0.159 e. The molecule has 91 valence electrons. The number of hydrogen-bond acceptors (Lipinski definition) is 2. The SMILES string of the molecule is CC(=O)c1cc(Cl)cc([CH]c2ccc(Cl)cn2)c1. The first-order valence-electron chi connectivity index (χ1n) is 5.32. The quantitative estimate of drug-likeness (QED) is 0.788. The molecule has 0 fully saturated rings. The van der Waals surface area contributed by atoms with Crippen molar-refractivity contribution >= 4 is 29.0 Å². The molecule has 0 saturated heterocycles. The first-order valence-corrected chi connectivity index (χ1v) is 6.08. The van der Waals surface area contributed by atoms with Gasteiger partial charge in [-0.1, -0.05) is 23.2 Å². The molecule has 0 atom stereocenters. The zero-order valence-corrected chi connectivity index (χ0v) is 11.2. The highest BCUT2D eigenvalue weighted by Gasteiger charge is 2.05. The number of pyridine rings is 1. The van der Waals surface area contributed by atoms with Crippen LogP contribution in [0.25, 0.3) is 0 Å². The van der Waals surface area contributed by atoms with Gasteiger partial charge in [-0.25, -0.2) is 0 Å². The zero-order chi connectivity index (χ0) is 13.1. The van der Waals surface area contributed by atoms with Crippen molar-refractivity contribution in [3.8, 4) is 0 Å². The summed E-state index contributed by atoms with van der Waals surface area (Å²) < 4.78 is 0. The van der Waals surface area contributed by atoms with E-state index in [4.69, 9.17) is 23.2 Å². The van der Waals surface area contributed by atoms with E-state index in [9.17, 15) is 4.79 Å². The van der Waals surface area contributed by atoms with Gasteiger partial charge in [0.25, 0.3) is 0 Å². The topological polar surface area (TPSA) is 30.0 Å². The normalized spacial score (nSPS) is 10.4. The van der Waals surface area contributed by atoms with Crippen LogP contribution >= 0.6 is 23.2 Å². The van der Waals surface area contributed by atoms with Crippen LogP contribution in [-0.2, 0) is 0 Å². The third kappa shape index (κ3) is 3.31. The van der Waals surface area contributed by atoms with Crippen molar-refractivity contribution in [1.82, 2.24) is 4.98 Å². The first kappa shape index (κ1) is 13.1. The van der Waals surface area contributed by atoms with Crippen molar-refractivity contribution in [2.75, 3.05) is 0 Å². The highest BCUT2D eigenvalue weighted by Crippen LogP contribution is 2.19. The maximum absolute atomic E-state index is 11.3. The van der Waals surface area contributed by atoms with Gasteiger partial charge in [0, 0.05) is 28.9 Å². The van der Waals surface area contributed by atoms with E-state index in [1.54, 1.807) is 36.5 Å². The van der Waals surface area contributed by atoms with E-state index in [1.165, 1.54) is 6.92 Å². The number of benzene rings is 1. The predicted molar refractivity (Wildman–Crippen MR) is 73.2 cm³/mol. The van der Waals surface area contributed by atoms with Crippen LogP contribution in [0.15, 0.2) is 36.5 Å². The van der Waals surface area contributed by atoms with Crippen LogP contribution in [0, 0.1) is 6.42 Å². The van der Waals surface area contributed by atoms with Crippen LogP contribution in [0.5, 0.6) is 0 Å². The fraction of sp³-hybridized carbons (Fsp3) is 0.0714. The number of nitrogens with zero attached hydrogens (tertiary/aromatic N) is 1. The van der Waals surface area contributed by atoms with Gasteiger partial charge in [-0.15, -0.1) is 0 Å². The zero-order valence-electron chi connectivity index (χ0n) is 9.65. The maximum atomic E-state index is 11.3. The summed E-state index contributed by atoms with van der Waals surface area (Å²) in [6.45, 7) is 1.51. The van der Waals surface area contributed by atoms with Gasteiger partial charge >= 0.3 is 0 Å². The fourth-order valence-corrected chi connectivity index (χ4v) is 1.90. The second kappa shape index (κ2) is 5.51. The fourth-order valence-electron chi connectivity index (χ4n) is 1.54. The van der Waals surface area contributed by atoms with E-state index >= 15 is 0 Å². The molecular weight excluding hydrogens is 269 g/mol. The van der Waals surface area contributed by atoms with E-state index in [-0.39, 0.29) is 5.78 Å². The average molecular weight is 279 g/mol. The monoisotopic (exact) mass is 278 g/mol. The van der Waals surface area contributed by atoms with Crippen molar-refractivity contribution in [2.24, 2.45) is 0 Å². The molecule has 0 amide bonds. The summed E-state index contributed by atoms with van der Waals surface area (Å²) in [5.41, 5.74) is 2.18. The Morgan fingerprint density at radius 1 is 1.17 bits per heavy atom. The molecule has 0 aliphatic carbocycles.